The number of benzene rings is 2. The summed E-state index contributed by atoms with van der Waals surface area (Å²) in [6.07, 6.45) is -3.11. The second kappa shape index (κ2) is 10.0. The lowest BCUT2D eigenvalue weighted by molar-refractivity contribution is -0.138. The van der Waals surface area contributed by atoms with Gasteiger partial charge in [-0.05, 0) is 56.7 Å². The Morgan fingerprint density at radius 3 is 2.39 bits per heavy atom. The van der Waals surface area contributed by atoms with Crippen molar-refractivity contribution in [2.24, 2.45) is 0 Å². The maximum atomic E-state index is 12.7. The number of rotatable bonds is 8. The first-order chi connectivity index (χ1) is 18.2. The van der Waals surface area contributed by atoms with Crippen molar-refractivity contribution in [3.8, 4) is 11.8 Å². The highest BCUT2D eigenvalue weighted by Crippen LogP contribution is 2.29. The molecule has 0 amide bonds. The number of ether oxygens (including phenoxy) is 1. The van der Waals surface area contributed by atoms with Crippen LogP contribution in [-0.2, 0) is 19.3 Å². The molecule has 5 aromatic rings. The van der Waals surface area contributed by atoms with Gasteiger partial charge in [-0.15, -0.1) is 0 Å². The zero-order valence-electron chi connectivity index (χ0n) is 20.9. The molecule has 38 heavy (non-hydrogen) atoms. The lowest BCUT2D eigenvalue weighted by atomic mass is 10.2. The van der Waals surface area contributed by atoms with E-state index in [1.54, 1.807) is 12.1 Å². The second-order valence-corrected chi connectivity index (χ2v) is 8.68. The van der Waals surface area contributed by atoms with Crippen LogP contribution in [0.1, 0.15) is 29.3 Å². The summed E-state index contributed by atoms with van der Waals surface area (Å²) in [6, 6.07) is 12.9. The fourth-order valence-electron chi connectivity index (χ4n) is 3.88. The molecule has 9 nitrogen and oxygen atoms in total. The van der Waals surface area contributed by atoms with Crippen LogP contribution in [0.25, 0.3) is 11.0 Å². The minimum Gasteiger partial charge on any atom is -0.424 e. The van der Waals surface area contributed by atoms with E-state index in [4.69, 9.17) is 9.72 Å². The number of hydrogen-bond donors (Lipinski definition) is 3. The first-order valence-electron chi connectivity index (χ1n) is 11.9. The van der Waals surface area contributed by atoms with E-state index < -0.39 is 11.7 Å². The number of fused-ring (bicyclic) bond motifs is 1. The number of halogens is 3. The molecule has 0 saturated carbocycles. The molecule has 0 radical (unpaired) electrons. The summed E-state index contributed by atoms with van der Waals surface area (Å²) >= 11 is 0. The average molecular weight is 523 g/mol. The van der Waals surface area contributed by atoms with Crippen LogP contribution in [-0.4, -0.2) is 29.7 Å². The summed E-state index contributed by atoms with van der Waals surface area (Å²) in [5.41, 5.74) is 4.90. The Morgan fingerprint density at radius 2 is 1.76 bits per heavy atom. The zero-order valence-corrected chi connectivity index (χ0v) is 20.9. The van der Waals surface area contributed by atoms with Gasteiger partial charge in [0.25, 0.3) is 0 Å². The van der Waals surface area contributed by atoms with E-state index in [9.17, 15) is 13.2 Å². The highest BCUT2D eigenvalue weighted by atomic mass is 19.4. The second-order valence-electron chi connectivity index (χ2n) is 8.68. The van der Waals surface area contributed by atoms with Gasteiger partial charge in [-0.1, -0.05) is 12.1 Å². The SMILES string of the molecule is CCn1c(NCc2ccc(Oc3ncc(C(F)(F)F)cn3)cc2)nc2ccc(Nc3n[nH]c(C)c3C)cc21. The lowest BCUT2D eigenvalue weighted by Gasteiger charge is -2.10. The fourth-order valence-corrected chi connectivity index (χ4v) is 3.88. The molecule has 0 atom stereocenters. The van der Waals surface area contributed by atoms with Gasteiger partial charge in [0.2, 0.25) is 5.95 Å². The lowest BCUT2D eigenvalue weighted by Crippen LogP contribution is -2.07. The van der Waals surface area contributed by atoms with Gasteiger partial charge in [0, 0.05) is 42.4 Å². The molecule has 0 unspecified atom stereocenters. The summed E-state index contributed by atoms with van der Waals surface area (Å²) in [5.74, 6) is 1.95. The average Bonchev–Trinajstić information content (AvgIpc) is 3.42. The molecule has 0 spiro atoms. The normalized spacial score (nSPS) is 11.6. The molecule has 12 heteroatoms. The minimum atomic E-state index is -4.50. The minimum absolute atomic E-state index is 0.160. The van der Waals surface area contributed by atoms with Crippen molar-refractivity contribution in [2.75, 3.05) is 10.6 Å². The van der Waals surface area contributed by atoms with Crippen molar-refractivity contribution in [3.63, 3.8) is 0 Å². The first-order valence-corrected chi connectivity index (χ1v) is 11.9. The fraction of sp³-hybridized carbons (Fsp3) is 0.231. The molecule has 0 bridgehead atoms. The van der Waals surface area contributed by atoms with Gasteiger partial charge in [-0.2, -0.15) is 18.3 Å². The Kier molecular flexibility index (Phi) is 6.62. The quantitative estimate of drug-likeness (QED) is 0.218. The van der Waals surface area contributed by atoms with Crippen molar-refractivity contribution >= 4 is 28.5 Å². The Balaban J connectivity index is 1.25. The van der Waals surface area contributed by atoms with E-state index in [1.807, 2.05) is 38.1 Å². The number of nitrogens with zero attached hydrogens (tertiary/aromatic N) is 5. The number of aromatic amines is 1. The van der Waals surface area contributed by atoms with Crippen LogP contribution in [0, 0.1) is 13.8 Å². The van der Waals surface area contributed by atoms with Crippen LogP contribution < -0.4 is 15.4 Å². The van der Waals surface area contributed by atoms with Crippen molar-refractivity contribution in [1.82, 2.24) is 29.7 Å². The largest absolute Gasteiger partial charge is 0.424 e. The molecular formula is C26H25F3N8O. The summed E-state index contributed by atoms with van der Waals surface area (Å²) in [6.45, 7) is 7.29. The Hall–Kier alpha value is -4.61. The maximum Gasteiger partial charge on any atom is 0.419 e. The smallest absolute Gasteiger partial charge is 0.419 e. The number of hydrogen-bond acceptors (Lipinski definition) is 7. The van der Waals surface area contributed by atoms with Crippen molar-refractivity contribution in [3.05, 3.63) is 77.2 Å². The number of H-pyrrole nitrogens is 1. The van der Waals surface area contributed by atoms with Gasteiger partial charge in [0.1, 0.15) is 5.75 Å². The molecule has 3 heterocycles. The number of aryl methyl sites for hydroxylation is 2. The maximum absolute atomic E-state index is 12.7. The topological polar surface area (TPSA) is 106 Å². The number of anilines is 3. The predicted octanol–water partition coefficient (Wildman–Crippen LogP) is 6.35. The predicted molar refractivity (Wildman–Crippen MR) is 138 cm³/mol. The molecule has 2 aromatic carbocycles. The summed E-state index contributed by atoms with van der Waals surface area (Å²) in [4.78, 5) is 12.0. The molecule has 0 saturated heterocycles. The number of imidazole rings is 1. The van der Waals surface area contributed by atoms with Crippen LogP contribution in [0.2, 0.25) is 0 Å². The van der Waals surface area contributed by atoms with Gasteiger partial charge in [-0.3, -0.25) is 5.10 Å². The third-order valence-corrected chi connectivity index (χ3v) is 6.12. The van der Waals surface area contributed by atoms with E-state index in [0.717, 1.165) is 51.9 Å². The van der Waals surface area contributed by atoms with E-state index in [1.165, 1.54) is 0 Å². The summed E-state index contributed by atoms with van der Waals surface area (Å²) in [7, 11) is 0. The molecule has 3 aromatic heterocycles. The molecule has 3 N–H and O–H groups in total. The van der Waals surface area contributed by atoms with E-state index in [-0.39, 0.29) is 6.01 Å². The summed E-state index contributed by atoms with van der Waals surface area (Å²) < 4.78 is 45.6. The number of alkyl halides is 3. The standard InChI is InChI=1S/C26H25F3N8O/c1-4-37-22-11-19(33-23-15(2)16(3)35-36-23)7-10-21(22)34-24(37)30-12-17-5-8-20(9-6-17)38-25-31-13-18(14-32-25)26(27,28)29/h5-11,13-14H,4,12H2,1-3H3,(H,30,34)(H2,33,35,36). The highest BCUT2D eigenvalue weighted by molar-refractivity contribution is 5.83. The van der Waals surface area contributed by atoms with E-state index in [2.05, 4.69) is 48.4 Å². The number of nitrogens with one attached hydrogen (secondary N) is 3. The number of aromatic nitrogens is 6. The van der Waals surface area contributed by atoms with Gasteiger partial charge in [0.05, 0.1) is 16.6 Å². The Morgan fingerprint density at radius 1 is 1.03 bits per heavy atom. The molecule has 0 aliphatic rings. The van der Waals surface area contributed by atoms with Crippen molar-refractivity contribution in [2.45, 2.75) is 40.0 Å². The Labute approximate surface area is 216 Å². The zero-order chi connectivity index (χ0) is 26.9. The third kappa shape index (κ3) is 5.24. The van der Waals surface area contributed by atoms with Gasteiger partial charge < -0.3 is 19.9 Å². The summed E-state index contributed by atoms with van der Waals surface area (Å²) in [5, 5.41) is 14.0. The first kappa shape index (κ1) is 25.1. The van der Waals surface area contributed by atoms with Gasteiger partial charge >= 0.3 is 12.2 Å². The highest BCUT2D eigenvalue weighted by Gasteiger charge is 2.31. The van der Waals surface area contributed by atoms with E-state index in [0.29, 0.717) is 24.7 Å². The molecule has 0 aliphatic heterocycles. The molecule has 196 valence electrons. The van der Waals surface area contributed by atoms with Crippen LogP contribution >= 0.6 is 0 Å². The van der Waals surface area contributed by atoms with Crippen LogP contribution in [0.15, 0.2) is 54.9 Å². The van der Waals surface area contributed by atoms with Gasteiger partial charge in [-0.25, -0.2) is 15.0 Å². The van der Waals surface area contributed by atoms with Crippen LogP contribution in [0.5, 0.6) is 11.8 Å². The van der Waals surface area contributed by atoms with Crippen molar-refractivity contribution < 1.29 is 17.9 Å². The molecule has 0 aliphatic carbocycles. The third-order valence-electron chi connectivity index (χ3n) is 6.12. The van der Waals surface area contributed by atoms with E-state index >= 15 is 0 Å². The molecular weight excluding hydrogens is 497 g/mol. The van der Waals surface area contributed by atoms with Crippen molar-refractivity contribution in [1.29, 1.82) is 0 Å². The van der Waals surface area contributed by atoms with Gasteiger partial charge in [0.15, 0.2) is 5.82 Å². The monoisotopic (exact) mass is 522 g/mol. The Bertz CT molecular complexity index is 1560. The molecule has 0 fully saturated rings. The molecule has 5 rings (SSSR count). The van der Waals surface area contributed by atoms with Crippen LogP contribution in [0.4, 0.5) is 30.6 Å². The van der Waals surface area contributed by atoms with Crippen LogP contribution in [0.3, 0.4) is 0 Å².